The third-order valence-electron chi connectivity index (χ3n) is 5.43. The molecular formula is C23H22ClN3O2. The van der Waals surface area contributed by atoms with E-state index in [0.29, 0.717) is 29.7 Å². The van der Waals surface area contributed by atoms with Crippen LogP contribution in [0.3, 0.4) is 0 Å². The molecule has 0 N–H and O–H groups in total. The Morgan fingerprint density at radius 1 is 1.03 bits per heavy atom. The van der Waals surface area contributed by atoms with Crippen molar-refractivity contribution < 1.29 is 4.79 Å². The number of nitrogens with zero attached hydrogens (tertiary/aromatic N) is 3. The minimum atomic E-state index is -0.345. The maximum absolute atomic E-state index is 13.0. The first-order chi connectivity index (χ1) is 14.0. The smallest absolute Gasteiger partial charge is 0.278 e. The van der Waals surface area contributed by atoms with Crippen LogP contribution in [0.25, 0.3) is 5.69 Å². The average Bonchev–Trinajstić information content (AvgIpc) is 2.75. The van der Waals surface area contributed by atoms with E-state index in [1.807, 2.05) is 30.3 Å². The highest BCUT2D eigenvalue weighted by Gasteiger charge is 2.27. The van der Waals surface area contributed by atoms with E-state index in [0.717, 1.165) is 18.5 Å². The standard InChI is InChI=1S/C23H22ClN3O2/c1-16-15-21(28)22(25-27(16)20-9-7-19(24)8-10-20)23(29)26-13-11-18(12-14-26)17-5-3-2-4-6-17/h2-10,15,18H,11-14H2,1H3. The van der Waals surface area contributed by atoms with Gasteiger partial charge in [0.1, 0.15) is 0 Å². The summed E-state index contributed by atoms with van der Waals surface area (Å²) in [4.78, 5) is 27.3. The Morgan fingerprint density at radius 3 is 2.34 bits per heavy atom. The molecule has 5 nitrogen and oxygen atoms in total. The van der Waals surface area contributed by atoms with Crippen molar-refractivity contribution in [1.82, 2.24) is 14.7 Å². The number of carbonyl (C=O) groups excluding carboxylic acids is 1. The first kappa shape index (κ1) is 19.4. The molecule has 4 rings (SSSR count). The minimum absolute atomic E-state index is 0.0382. The second kappa shape index (κ2) is 8.21. The predicted octanol–water partition coefficient (Wildman–Crippen LogP) is 4.21. The number of amides is 1. The van der Waals surface area contributed by atoms with Crippen LogP contribution in [-0.2, 0) is 0 Å². The van der Waals surface area contributed by atoms with E-state index in [4.69, 9.17) is 11.6 Å². The van der Waals surface area contributed by atoms with Gasteiger partial charge < -0.3 is 4.90 Å². The van der Waals surface area contributed by atoms with E-state index in [2.05, 4.69) is 17.2 Å². The lowest BCUT2D eigenvalue weighted by molar-refractivity contribution is 0.0703. The molecule has 2 aromatic carbocycles. The molecule has 1 aliphatic heterocycles. The van der Waals surface area contributed by atoms with Gasteiger partial charge in [0.05, 0.1) is 5.69 Å². The van der Waals surface area contributed by atoms with Gasteiger partial charge in [-0.25, -0.2) is 4.68 Å². The van der Waals surface area contributed by atoms with Gasteiger partial charge in [-0.05, 0) is 55.5 Å². The molecule has 0 spiro atoms. The number of hydrogen-bond donors (Lipinski definition) is 0. The van der Waals surface area contributed by atoms with E-state index in [-0.39, 0.29) is 17.0 Å². The number of aryl methyl sites for hydroxylation is 1. The predicted molar refractivity (Wildman–Crippen MR) is 114 cm³/mol. The normalized spacial score (nSPS) is 14.8. The monoisotopic (exact) mass is 407 g/mol. The number of piperidine rings is 1. The second-order valence-electron chi connectivity index (χ2n) is 7.36. The number of carbonyl (C=O) groups is 1. The summed E-state index contributed by atoms with van der Waals surface area (Å²) in [5, 5.41) is 5.01. The van der Waals surface area contributed by atoms with Crippen LogP contribution in [0, 0.1) is 6.92 Å². The van der Waals surface area contributed by atoms with Gasteiger partial charge in [-0.3, -0.25) is 9.59 Å². The lowest BCUT2D eigenvalue weighted by Crippen LogP contribution is -2.41. The van der Waals surface area contributed by atoms with Crippen LogP contribution in [-0.4, -0.2) is 33.7 Å². The highest BCUT2D eigenvalue weighted by molar-refractivity contribution is 6.30. The number of halogens is 1. The molecule has 0 unspecified atom stereocenters. The largest absolute Gasteiger partial charge is 0.337 e. The Morgan fingerprint density at radius 2 is 1.69 bits per heavy atom. The summed E-state index contributed by atoms with van der Waals surface area (Å²) in [5.74, 6) is 0.140. The zero-order valence-electron chi connectivity index (χ0n) is 16.2. The summed E-state index contributed by atoms with van der Waals surface area (Å²) in [6.45, 7) is 3.03. The first-order valence-electron chi connectivity index (χ1n) is 9.74. The third kappa shape index (κ3) is 4.10. The molecule has 29 heavy (non-hydrogen) atoms. The summed E-state index contributed by atoms with van der Waals surface area (Å²) >= 11 is 5.96. The van der Waals surface area contributed by atoms with E-state index in [1.165, 1.54) is 11.6 Å². The summed E-state index contributed by atoms with van der Waals surface area (Å²) in [7, 11) is 0. The molecule has 1 fully saturated rings. The van der Waals surface area contributed by atoms with Crippen LogP contribution in [0.2, 0.25) is 5.02 Å². The molecule has 0 atom stereocenters. The number of rotatable bonds is 3. The zero-order valence-corrected chi connectivity index (χ0v) is 17.0. The number of hydrogen-bond acceptors (Lipinski definition) is 3. The quantitative estimate of drug-likeness (QED) is 0.653. The van der Waals surface area contributed by atoms with Crippen molar-refractivity contribution in [3.8, 4) is 5.69 Å². The fourth-order valence-electron chi connectivity index (χ4n) is 3.83. The first-order valence-corrected chi connectivity index (χ1v) is 10.1. The average molecular weight is 408 g/mol. The summed E-state index contributed by atoms with van der Waals surface area (Å²) in [6.07, 6.45) is 1.76. The molecule has 0 radical (unpaired) electrons. The third-order valence-corrected chi connectivity index (χ3v) is 5.69. The fourth-order valence-corrected chi connectivity index (χ4v) is 3.96. The van der Waals surface area contributed by atoms with Crippen LogP contribution in [0.4, 0.5) is 0 Å². The van der Waals surface area contributed by atoms with Crippen molar-refractivity contribution in [2.24, 2.45) is 0 Å². The molecule has 1 aliphatic rings. The van der Waals surface area contributed by atoms with E-state index in [9.17, 15) is 9.59 Å². The van der Waals surface area contributed by atoms with Crippen LogP contribution in [0.1, 0.15) is 40.5 Å². The molecule has 1 aromatic heterocycles. The Bertz CT molecular complexity index is 1070. The van der Waals surface area contributed by atoms with Gasteiger partial charge in [-0.2, -0.15) is 5.10 Å². The Labute approximate surface area is 174 Å². The van der Waals surface area contributed by atoms with Gasteiger partial charge in [-0.15, -0.1) is 0 Å². The van der Waals surface area contributed by atoms with Crippen molar-refractivity contribution in [2.45, 2.75) is 25.7 Å². The molecule has 148 valence electrons. The van der Waals surface area contributed by atoms with Gasteiger partial charge in [0.15, 0.2) is 5.69 Å². The molecule has 0 bridgehead atoms. The summed E-state index contributed by atoms with van der Waals surface area (Å²) in [6, 6.07) is 19.0. The maximum atomic E-state index is 13.0. The SMILES string of the molecule is Cc1cc(=O)c(C(=O)N2CCC(c3ccccc3)CC2)nn1-c1ccc(Cl)cc1. The van der Waals surface area contributed by atoms with Crippen LogP contribution < -0.4 is 5.43 Å². The highest BCUT2D eigenvalue weighted by atomic mass is 35.5. The van der Waals surface area contributed by atoms with Crippen molar-refractivity contribution in [2.75, 3.05) is 13.1 Å². The molecule has 6 heteroatoms. The maximum Gasteiger partial charge on any atom is 0.278 e. The molecular weight excluding hydrogens is 386 g/mol. The highest BCUT2D eigenvalue weighted by Crippen LogP contribution is 2.28. The van der Waals surface area contributed by atoms with Crippen LogP contribution in [0.5, 0.6) is 0 Å². The summed E-state index contributed by atoms with van der Waals surface area (Å²) in [5.41, 5.74) is 2.34. The molecule has 2 heterocycles. The summed E-state index contributed by atoms with van der Waals surface area (Å²) < 4.78 is 1.61. The van der Waals surface area contributed by atoms with E-state index in [1.54, 1.807) is 28.6 Å². The van der Waals surface area contributed by atoms with Crippen LogP contribution in [0.15, 0.2) is 65.5 Å². The van der Waals surface area contributed by atoms with Gasteiger partial charge in [-0.1, -0.05) is 41.9 Å². The second-order valence-corrected chi connectivity index (χ2v) is 7.80. The van der Waals surface area contributed by atoms with E-state index >= 15 is 0 Å². The Kier molecular flexibility index (Phi) is 5.49. The molecule has 0 saturated carbocycles. The van der Waals surface area contributed by atoms with Crippen molar-refractivity contribution >= 4 is 17.5 Å². The van der Waals surface area contributed by atoms with Gasteiger partial charge in [0, 0.05) is 29.9 Å². The van der Waals surface area contributed by atoms with E-state index < -0.39 is 0 Å². The molecule has 1 amide bonds. The number of aromatic nitrogens is 2. The molecule has 3 aromatic rings. The molecule has 1 saturated heterocycles. The lowest BCUT2D eigenvalue weighted by Gasteiger charge is -2.32. The Balaban J connectivity index is 1.55. The van der Waals surface area contributed by atoms with Crippen molar-refractivity contribution in [1.29, 1.82) is 0 Å². The number of benzene rings is 2. The zero-order chi connectivity index (χ0) is 20.4. The topological polar surface area (TPSA) is 55.2 Å². The Hall–Kier alpha value is -2.92. The van der Waals surface area contributed by atoms with Crippen molar-refractivity contribution in [3.63, 3.8) is 0 Å². The number of likely N-dealkylation sites (tertiary alicyclic amines) is 1. The van der Waals surface area contributed by atoms with Crippen LogP contribution >= 0.6 is 11.6 Å². The van der Waals surface area contributed by atoms with Gasteiger partial charge in [0.25, 0.3) is 5.91 Å². The minimum Gasteiger partial charge on any atom is -0.337 e. The van der Waals surface area contributed by atoms with Crippen molar-refractivity contribution in [3.05, 3.63) is 92.9 Å². The van der Waals surface area contributed by atoms with Gasteiger partial charge in [0.2, 0.25) is 5.43 Å². The fraction of sp³-hybridized carbons (Fsp3) is 0.261. The lowest BCUT2D eigenvalue weighted by atomic mass is 9.89. The molecule has 0 aliphatic carbocycles. The van der Waals surface area contributed by atoms with Gasteiger partial charge >= 0.3 is 0 Å².